The van der Waals surface area contributed by atoms with Crippen molar-refractivity contribution in [3.63, 3.8) is 0 Å². The predicted octanol–water partition coefficient (Wildman–Crippen LogP) is 1.82. The van der Waals surface area contributed by atoms with Crippen LogP contribution in [0.5, 0.6) is 0 Å². The Morgan fingerprint density at radius 1 is 1.35 bits per heavy atom. The molecule has 1 rings (SSSR count). The minimum absolute atomic E-state index is 0. The van der Waals surface area contributed by atoms with E-state index in [1.807, 2.05) is 7.05 Å². The van der Waals surface area contributed by atoms with E-state index >= 15 is 0 Å². The molecule has 1 fully saturated rings. The number of halogens is 4. The first-order chi connectivity index (χ1) is 7.42. The summed E-state index contributed by atoms with van der Waals surface area (Å²) in [5.41, 5.74) is 0. The Morgan fingerprint density at radius 3 is 2.29 bits per heavy atom. The van der Waals surface area contributed by atoms with E-state index in [-0.39, 0.29) is 12.4 Å². The van der Waals surface area contributed by atoms with Crippen LogP contribution >= 0.6 is 12.4 Å². The maximum atomic E-state index is 12.0. The molecule has 0 saturated carbocycles. The highest BCUT2D eigenvalue weighted by molar-refractivity contribution is 5.85. The molecule has 0 unspecified atom stereocenters. The maximum Gasteiger partial charge on any atom is 0.397 e. The van der Waals surface area contributed by atoms with Gasteiger partial charge in [-0.3, -0.25) is 4.79 Å². The molecule has 7 heteroatoms. The molecule has 0 radical (unpaired) electrons. The topological polar surface area (TPSA) is 32.3 Å². The van der Waals surface area contributed by atoms with Crippen LogP contribution in [0.3, 0.4) is 0 Å². The Hall–Kier alpha value is -0.490. The van der Waals surface area contributed by atoms with Crippen LogP contribution in [0.1, 0.15) is 19.3 Å². The smallest absolute Gasteiger partial charge is 0.342 e. The zero-order valence-corrected chi connectivity index (χ0v) is 10.5. The summed E-state index contributed by atoms with van der Waals surface area (Å²) in [6.07, 6.45) is -4.16. The number of likely N-dealkylation sites (tertiary alicyclic amines) is 1. The molecule has 0 atom stereocenters. The summed E-state index contributed by atoms with van der Waals surface area (Å²) in [5, 5.41) is 3.04. The van der Waals surface area contributed by atoms with Crippen molar-refractivity contribution < 1.29 is 18.0 Å². The molecule has 0 aromatic rings. The highest BCUT2D eigenvalue weighted by Crippen LogP contribution is 2.23. The molecule has 3 nitrogen and oxygen atoms in total. The van der Waals surface area contributed by atoms with Crippen LogP contribution in [0.15, 0.2) is 0 Å². The quantitative estimate of drug-likeness (QED) is 0.851. The average molecular weight is 275 g/mol. The fraction of sp³-hybridized carbons (Fsp3) is 0.900. The van der Waals surface area contributed by atoms with Crippen molar-refractivity contribution >= 4 is 18.3 Å². The number of amides is 1. The maximum absolute atomic E-state index is 12.0. The lowest BCUT2D eigenvalue weighted by Crippen LogP contribution is -2.41. The molecule has 0 aromatic carbocycles. The molecule has 1 saturated heterocycles. The van der Waals surface area contributed by atoms with Crippen molar-refractivity contribution in [2.75, 3.05) is 26.7 Å². The van der Waals surface area contributed by atoms with Gasteiger partial charge in [0.2, 0.25) is 5.91 Å². The number of carbonyl (C=O) groups is 1. The Kier molecular flexibility index (Phi) is 6.85. The van der Waals surface area contributed by atoms with Crippen LogP contribution in [0.25, 0.3) is 0 Å². The Bertz CT molecular complexity index is 240. The van der Waals surface area contributed by atoms with Gasteiger partial charge >= 0.3 is 6.18 Å². The van der Waals surface area contributed by atoms with E-state index in [9.17, 15) is 18.0 Å². The Labute approximate surface area is 105 Å². The van der Waals surface area contributed by atoms with E-state index in [1.54, 1.807) is 0 Å². The number of piperidine rings is 1. The normalized spacial score (nSPS) is 17.8. The third-order valence-corrected chi connectivity index (χ3v) is 2.81. The van der Waals surface area contributed by atoms with Crippen molar-refractivity contribution in [2.45, 2.75) is 25.4 Å². The number of rotatable bonds is 3. The van der Waals surface area contributed by atoms with Gasteiger partial charge in [-0.1, -0.05) is 0 Å². The average Bonchev–Trinajstić information content (AvgIpc) is 2.16. The molecule has 1 heterocycles. The van der Waals surface area contributed by atoms with Gasteiger partial charge in [-0.15, -0.1) is 12.4 Å². The summed E-state index contributed by atoms with van der Waals surface area (Å²) < 4.78 is 36.0. The highest BCUT2D eigenvalue weighted by atomic mass is 35.5. The lowest BCUT2D eigenvalue weighted by Gasteiger charge is -2.32. The summed E-state index contributed by atoms with van der Waals surface area (Å²) in [7, 11) is 1.85. The minimum Gasteiger partial charge on any atom is -0.342 e. The number of nitrogens with one attached hydrogen (secondary N) is 1. The van der Waals surface area contributed by atoms with Crippen LogP contribution in [0.4, 0.5) is 13.2 Å². The lowest BCUT2D eigenvalue weighted by atomic mass is 9.96. The molecule has 17 heavy (non-hydrogen) atoms. The fourth-order valence-electron chi connectivity index (χ4n) is 1.96. The van der Waals surface area contributed by atoms with Crippen LogP contribution in [0, 0.1) is 5.92 Å². The molecule has 0 aromatic heterocycles. The van der Waals surface area contributed by atoms with Gasteiger partial charge in [-0.25, -0.2) is 0 Å². The van der Waals surface area contributed by atoms with Gasteiger partial charge in [-0.2, -0.15) is 13.2 Å². The van der Waals surface area contributed by atoms with Crippen LogP contribution in [-0.2, 0) is 4.79 Å². The summed E-state index contributed by atoms with van der Waals surface area (Å²) in [6.45, 7) is 1.75. The number of hydrogen-bond donors (Lipinski definition) is 1. The zero-order valence-electron chi connectivity index (χ0n) is 9.72. The molecular formula is C10H18ClF3N2O. The van der Waals surface area contributed by atoms with Gasteiger partial charge in [0.05, 0.1) is 0 Å². The Morgan fingerprint density at radius 2 is 1.88 bits per heavy atom. The van der Waals surface area contributed by atoms with Gasteiger partial charge in [0.25, 0.3) is 0 Å². The van der Waals surface area contributed by atoms with Crippen LogP contribution in [0.2, 0.25) is 0 Å². The second kappa shape index (κ2) is 7.06. The van der Waals surface area contributed by atoms with Gasteiger partial charge in [0.1, 0.15) is 6.42 Å². The van der Waals surface area contributed by atoms with Crippen molar-refractivity contribution in [1.82, 2.24) is 10.2 Å². The van der Waals surface area contributed by atoms with E-state index in [0.717, 1.165) is 19.4 Å². The molecule has 1 aliphatic rings. The summed E-state index contributed by atoms with van der Waals surface area (Å²) in [4.78, 5) is 12.6. The minimum atomic E-state index is -4.39. The molecule has 0 bridgehead atoms. The van der Waals surface area contributed by atoms with Gasteiger partial charge in [0, 0.05) is 13.1 Å². The van der Waals surface area contributed by atoms with Crippen LogP contribution < -0.4 is 5.32 Å². The fourth-order valence-corrected chi connectivity index (χ4v) is 1.96. The van der Waals surface area contributed by atoms with Crippen LogP contribution in [-0.4, -0.2) is 43.7 Å². The highest BCUT2D eigenvalue weighted by Gasteiger charge is 2.34. The lowest BCUT2D eigenvalue weighted by molar-refractivity contribution is -0.162. The summed E-state index contributed by atoms with van der Waals surface area (Å²) in [5.74, 6) is -0.324. The monoisotopic (exact) mass is 274 g/mol. The van der Waals surface area contributed by atoms with Gasteiger partial charge < -0.3 is 10.2 Å². The SMILES string of the molecule is CNCC1CCN(C(=O)CC(F)(F)F)CC1.Cl. The van der Waals surface area contributed by atoms with E-state index < -0.39 is 18.5 Å². The first-order valence-corrected chi connectivity index (χ1v) is 5.41. The second-order valence-corrected chi connectivity index (χ2v) is 4.17. The molecule has 0 spiro atoms. The Balaban J connectivity index is 0.00000256. The van der Waals surface area contributed by atoms with Gasteiger partial charge in [-0.05, 0) is 32.4 Å². The van der Waals surface area contributed by atoms with Crippen molar-refractivity contribution in [3.05, 3.63) is 0 Å². The van der Waals surface area contributed by atoms with Gasteiger partial charge in [0.15, 0.2) is 0 Å². The molecule has 102 valence electrons. The number of alkyl halides is 3. The second-order valence-electron chi connectivity index (χ2n) is 4.17. The number of hydrogen-bond acceptors (Lipinski definition) is 2. The zero-order chi connectivity index (χ0) is 12.2. The van der Waals surface area contributed by atoms with Crippen molar-refractivity contribution in [1.29, 1.82) is 0 Å². The van der Waals surface area contributed by atoms with E-state index in [1.165, 1.54) is 4.90 Å². The number of nitrogens with zero attached hydrogens (tertiary/aromatic N) is 1. The molecule has 1 N–H and O–H groups in total. The van der Waals surface area contributed by atoms with Crippen molar-refractivity contribution in [3.8, 4) is 0 Å². The largest absolute Gasteiger partial charge is 0.397 e. The third kappa shape index (κ3) is 6.12. The number of carbonyl (C=O) groups excluding carboxylic acids is 1. The van der Waals surface area contributed by atoms with E-state index in [4.69, 9.17) is 0 Å². The molecule has 1 aliphatic heterocycles. The first kappa shape index (κ1) is 16.5. The molecular weight excluding hydrogens is 257 g/mol. The van der Waals surface area contributed by atoms with E-state index in [0.29, 0.717) is 19.0 Å². The first-order valence-electron chi connectivity index (χ1n) is 5.41. The van der Waals surface area contributed by atoms with Crippen molar-refractivity contribution in [2.24, 2.45) is 5.92 Å². The van der Waals surface area contributed by atoms with E-state index in [2.05, 4.69) is 5.32 Å². The molecule has 0 aliphatic carbocycles. The summed E-state index contributed by atoms with van der Waals surface area (Å²) in [6, 6.07) is 0. The summed E-state index contributed by atoms with van der Waals surface area (Å²) >= 11 is 0. The molecule has 1 amide bonds. The predicted molar refractivity (Wildman–Crippen MR) is 61.2 cm³/mol. The standard InChI is InChI=1S/C10H17F3N2O.ClH/c1-14-7-8-2-4-15(5-3-8)9(16)6-10(11,12)13;/h8,14H,2-7H2,1H3;1H. The third-order valence-electron chi connectivity index (χ3n) is 2.81.